The van der Waals surface area contributed by atoms with Crippen molar-refractivity contribution in [3.63, 3.8) is 0 Å². The molecule has 0 aliphatic carbocycles. The summed E-state index contributed by atoms with van der Waals surface area (Å²) in [7, 11) is 0. The van der Waals surface area contributed by atoms with Crippen molar-refractivity contribution in [2.45, 2.75) is 20.0 Å². The van der Waals surface area contributed by atoms with Gasteiger partial charge in [0.05, 0.1) is 17.3 Å². The minimum Gasteiger partial charge on any atom is -0.387 e. The molecule has 2 aromatic rings. The van der Waals surface area contributed by atoms with Crippen LogP contribution in [0.25, 0.3) is 10.9 Å². The second-order valence-electron chi connectivity index (χ2n) is 3.33. The largest absolute Gasteiger partial charge is 0.387 e. The number of rotatable bonds is 1. The van der Waals surface area contributed by atoms with Crippen molar-refractivity contribution in [2.75, 3.05) is 0 Å². The number of aromatic nitrogens is 2. The van der Waals surface area contributed by atoms with E-state index in [0.29, 0.717) is 0 Å². The fourth-order valence-electron chi connectivity index (χ4n) is 1.46. The lowest BCUT2D eigenvalue weighted by atomic mass is 10.1. The Morgan fingerprint density at radius 3 is 2.92 bits per heavy atom. The molecule has 0 saturated carbocycles. The van der Waals surface area contributed by atoms with Crippen LogP contribution in [0.3, 0.4) is 0 Å². The van der Waals surface area contributed by atoms with E-state index in [1.807, 2.05) is 25.1 Å². The number of aliphatic hydroxyl groups is 1. The molecule has 0 bridgehead atoms. The maximum atomic E-state index is 9.41. The standard InChI is InChI=1S/C10H12N2O/c1-6-3-4-8-9(5-6)11-12-10(8)7(2)13/h3-5,7,13H,1-2H3,(H,11,12). The molecule has 2 N–H and O–H groups in total. The zero-order valence-corrected chi connectivity index (χ0v) is 7.70. The molecule has 0 aliphatic heterocycles. The van der Waals surface area contributed by atoms with Gasteiger partial charge in [-0.25, -0.2) is 0 Å². The number of hydrogen-bond acceptors (Lipinski definition) is 2. The summed E-state index contributed by atoms with van der Waals surface area (Å²) in [5, 5.41) is 17.4. The number of aromatic amines is 1. The van der Waals surface area contributed by atoms with Crippen LogP contribution in [0.5, 0.6) is 0 Å². The van der Waals surface area contributed by atoms with Crippen molar-refractivity contribution in [3.8, 4) is 0 Å². The molecule has 2 rings (SSSR count). The van der Waals surface area contributed by atoms with Gasteiger partial charge in [0.1, 0.15) is 0 Å². The van der Waals surface area contributed by atoms with E-state index < -0.39 is 6.10 Å². The van der Waals surface area contributed by atoms with E-state index in [0.717, 1.165) is 16.6 Å². The minimum atomic E-state index is -0.493. The second kappa shape index (κ2) is 2.85. The number of aliphatic hydroxyl groups excluding tert-OH is 1. The van der Waals surface area contributed by atoms with Crippen LogP contribution in [-0.4, -0.2) is 15.3 Å². The van der Waals surface area contributed by atoms with E-state index in [-0.39, 0.29) is 0 Å². The van der Waals surface area contributed by atoms with Crippen molar-refractivity contribution in [2.24, 2.45) is 0 Å². The molecular formula is C10H12N2O. The molecule has 1 unspecified atom stereocenters. The monoisotopic (exact) mass is 176 g/mol. The topological polar surface area (TPSA) is 48.9 Å². The maximum absolute atomic E-state index is 9.41. The third-order valence-corrected chi connectivity index (χ3v) is 2.16. The molecule has 0 fully saturated rings. The normalized spacial score (nSPS) is 13.5. The molecule has 1 aromatic heterocycles. The van der Waals surface area contributed by atoms with Gasteiger partial charge in [0.25, 0.3) is 0 Å². The van der Waals surface area contributed by atoms with E-state index in [4.69, 9.17) is 0 Å². The summed E-state index contributed by atoms with van der Waals surface area (Å²) in [6.45, 7) is 3.75. The van der Waals surface area contributed by atoms with Gasteiger partial charge in [-0.1, -0.05) is 12.1 Å². The fourth-order valence-corrected chi connectivity index (χ4v) is 1.46. The molecule has 13 heavy (non-hydrogen) atoms. The Morgan fingerprint density at radius 1 is 1.46 bits per heavy atom. The lowest BCUT2D eigenvalue weighted by Crippen LogP contribution is -1.91. The van der Waals surface area contributed by atoms with Crippen LogP contribution in [0, 0.1) is 6.92 Å². The van der Waals surface area contributed by atoms with E-state index in [1.54, 1.807) is 6.92 Å². The van der Waals surface area contributed by atoms with Gasteiger partial charge in [-0.05, 0) is 25.5 Å². The number of nitrogens with one attached hydrogen (secondary N) is 1. The van der Waals surface area contributed by atoms with Crippen molar-refractivity contribution >= 4 is 10.9 Å². The van der Waals surface area contributed by atoms with E-state index in [1.165, 1.54) is 5.56 Å². The number of aryl methyl sites for hydroxylation is 1. The molecule has 1 atom stereocenters. The molecule has 0 saturated heterocycles. The minimum absolute atomic E-state index is 0.493. The van der Waals surface area contributed by atoms with E-state index in [9.17, 15) is 5.11 Å². The van der Waals surface area contributed by atoms with Gasteiger partial charge >= 0.3 is 0 Å². The first-order chi connectivity index (χ1) is 6.18. The Hall–Kier alpha value is -1.35. The van der Waals surface area contributed by atoms with Gasteiger partial charge in [-0.15, -0.1) is 0 Å². The van der Waals surface area contributed by atoms with E-state index >= 15 is 0 Å². The van der Waals surface area contributed by atoms with Crippen molar-refractivity contribution < 1.29 is 5.11 Å². The first-order valence-electron chi connectivity index (χ1n) is 4.31. The summed E-state index contributed by atoms with van der Waals surface area (Å²) >= 11 is 0. The van der Waals surface area contributed by atoms with Gasteiger partial charge < -0.3 is 5.11 Å². The summed E-state index contributed by atoms with van der Waals surface area (Å²) in [5.41, 5.74) is 2.88. The zero-order valence-electron chi connectivity index (χ0n) is 7.70. The molecular weight excluding hydrogens is 164 g/mol. The Balaban J connectivity index is 2.69. The van der Waals surface area contributed by atoms with Crippen molar-refractivity contribution in [1.29, 1.82) is 0 Å². The predicted molar refractivity (Wildman–Crippen MR) is 51.5 cm³/mol. The van der Waals surface area contributed by atoms with E-state index in [2.05, 4.69) is 10.2 Å². The molecule has 3 heteroatoms. The van der Waals surface area contributed by atoms with Crippen molar-refractivity contribution in [1.82, 2.24) is 10.2 Å². The van der Waals surface area contributed by atoms with Crippen LogP contribution >= 0.6 is 0 Å². The van der Waals surface area contributed by atoms with Crippen LogP contribution in [0.15, 0.2) is 18.2 Å². The second-order valence-corrected chi connectivity index (χ2v) is 3.33. The Labute approximate surface area is 76.4 Å². The number of H-pyrrole nitrogens is 1. The maximum Gasteiger partial charge on any atom is 0.0932 e. The number of hydrogen-bond donors (Lipinski definition) is 2. The number of benzene rings is 1. The smallest absolute Gasteiger partial charge is 0.0932 e. The summed E-state index contributed by atoms with van der Waals surface area (Å²) < 4.78 is 0. The average molecular weight is 176 g/mol. The lowest BCUT2D eigenvalue weighted by molar-refractivity contribution is 0.195. The third-order valence-electron chi connectivity index (χ3n) is 2.16. The summed E-state index contributed by atoms with van der Waals surface area (Å²) in [5.74, 6) is 0. The molecule has 3 nitrogen and oxygen atoms in total. The highest BCUT2D eigenvalue weighted by molar-refractivity contribution is 5.82. The number of nitrogens with zero attached hydrogens (tertiary/aromatic N) is 1. The molecule has 1 aromatic carbocycles. The molecule has 68 valence electrons. The Morgan fingerprint density at radius 2 is 2.23 bits per heavy atom. The van der Waals surface area contributed by atoms with Gasteiger partial charge in [-0.3, -0.25) is 5.10 Å². The van der Waals surface area contributed by atoms with Crippen LogP contribution in [0.4, 0.5) is 0 Å². The average Bonchev–Trinajstić information content (AvgIpc) is 2.46. The highest BCUT2D eigenvalue weighted by Crippen LogP contribution is 2.21. The summed E-state index contributed by atoms with van der Waals surface area (Å²) in [4.78, 5) is 0. The van der Waals surface area contributed by atoms with Crippen LogP contribution in [0.1, 0.15) is 24.3 Å². The first kappa shape index (κ1) is 8.26. The highest BCUT2D eigenvalue weighted by Gasteiger charge is 2.08. The quantitative estimate of drug-likeness (QED) is 0.697. The zero-order chi connectivity index (χ0) is 9.42. The van der Waals surface area contributed by atoms with Crippen molar-refractivity contribution in [3.05, 3.63) is 29.5 Å². The summed E-state index contributed by atoms with van der Waals surface area (Å²) in [6, 6.07) is 6.00. The van der Waals surface area contributed by atoms with Gasteiger partial charge in [-0.2, -0.15) is 5.10 Å². The molecule has 0 aliphatic rings. The highest BCUT2D eigenvalue weighted by atomic mass is 16.3. The number of fused-ring (bicyclic) bond motifs is 1. The van der Waals surface area contributed by atoms with Crippen LogP contribution in [-0.2, 0) is 0 Å². The van der Waals surface area contributed by atoms with Gasteiger partial charge in [0, 0.05) is 5.39 Å². The van der Waals surface area contributed by atoms with Gasteiger partial charge in [0.15, 0.2) is 0 Å². The van der Waals surface area contributed by atoms with Crippen LogP contribution < -0.4 is 0 Å². The molecule has 1 heterocycles. The molecule has 0 radical (unpaired) electrons. The van der Waals surface area contributed by atoms with Crippen LogP contribution in [0.2, 0.25) is 0 Å². The molecule has 0 amide bonds. The molecule has 0 spiro atoms. The first-order valence-corrected chi connectivity index (χ1v) is 4.31. The fraction of sp³-hybridized carbons (Fsp3) is 0.300. The lowest BCUT2D eigenvalue weighted by Gasteiger charge is -2.00. The van der Waals surface area contributed by atoms with Gasteiger partial charge in [0.2, 0.25) is 0 Å². The Kier molecular flexibility index (Phi) is 1.81. The predicted octanol–water partition coefficient (Wildman–Crippen LogP) is 1.92. The Bertz CT molecular complexity index is 431. The third kappa shape index (κ3) is 1.31. The summed E-state index contributed by atoms with van der Waals surface area (Å²) in [6.07, 6.45) is -0.493. The SMILES string of the molecule is Cc1ccc2c(C(C)O)[nH]nc2c1.